The van der Waals surface area contributed by atoms with E-state index in [1.54, 1.807) is 0 Å². The Morgan fingerprint density at radius 2 is 1.86 bits per heavy atom. The van der Waals surface area contributed by atoms with Crippen LogP contribution >= 0.6 is 0 Å². The molecule has 3 nitrogen and oxygen atoms in total. The van der Waals surface area contributed by atoms with Crippen molar-refractivity contribution in [2.75, 3.05) is 18.0 Å². The minimum Gasteiger partial charge on any atom is -0.330 e. The second-order valence-electron chi connectivity index (χ2n) is 4.99. The van der Waals surface area contributed by atoms with Gasteiger partial charge in [-0.2, -0.15) is 13.2 Å². The van der Waals surface area contributed by atoms with Crippen molar-refractivity contribution in [2.45, 2.75) is 32.9 Å². The van der Waals surface area contributed by atoms with Crippen LogP contribution < -0.4 is 10.6 Å². The maximum atomic E-state index is 12.6. The average molecular weight is 302 g/mol. The lowest BCUT2D eigenvalue weighted by Crippen LogP contribution is -2.36. The summed E-state index contributed by atoms with van der Waals surface area (Å²) in [7, 11) is 0. The molecule has 1 unspecified atom stereocenters. The highest BCUT2D eigenvalue weighted by molar-refractivity contribution is 5.94. The van der Waals surface area contributed by atoms with Crippen LogP contribution in [0.2, 0.25) is 0 Å². The Kier molecular flexibility index (Phi) is 6.20. The van der Waals surface area contributed by atoms with Crippen LogP contribution in [-0.4, -0.2) is 19.0 Å². The molecule has 0 fully saturated rings. The van der Waals surface area contributed by atoms with E-state index in [4.69, 9.17) is 5.73 Å². The molecule has 0 spiro atoms. The first-order valence-corrected chi connectivity index (χ1v) is 7.00. The first-order chi connectivity index (χ1) is 9.81. The van der Waals surface area contributed by atoms with E-state index in [0.717, 1.165) is 12.1 Å². The standard InChI is InChI=1S/C15H21F3N2O/c1-3-11(2)14(21)20(10-4-9-19)13-7-5-12(6-8-13)15(16,17)18/h5-8,11H,3-4,9-10,19H2,1-2H3. The van der Waals surface area contributed by atoms with Gasteiger partial charge in [0.25, 0.3) is 0 Å². The van der Waals surface area contributed by atoms with Crippen molar-refractivity contribution in [1.82, 2.24) is 0 Å². The van der Waals surface area contributed by atoms with E-state index in [9.17, 15) is 18.0 Å². The van der Waals surface area contributed by atoms with Gasteiger partial charge in [0.05, 0.1) is 5.56 Å². The molecule has 6 heteroatoms. The van der Waals surface area contributed by atoms with Crippen molar-refractivity contribution >= 4 is 11.6 Å². The second-order valence-corrected chi connectivity index (χ2v) is 4.99. The smallest absolute Gasteiger partial charge is 0.330 e. The molecule has 2 N–H and O–H groups in total. The largest absolute Gasteiger partial charge is 0.416 e. The summed E-state index contributed by atoms with van der Waals surface area (Å²) in [6.45, 7) is 4.54. The van der Waals surface area contributed by atoms with Crippen molar-refractivity contribution in [3.05, 3.63) is 29.8 Å². The number of hydrogen-bond donors (Lipinski definition) is 1. The van der Waals surface area contributed by atoms with Crippen molar-refractivity contribution in [1.29, 1.82) is 0 Å². The Morgan fingerprint density at radius 1 is 1.29 bits per heavy atom. The van der Waals surface area contributed by atoms with Gasteiger partial charge in [-0.15, -0.1) is 0 Å². The molecule has 0 aliphatic rings. The zero-order valence-corrected chi connectivity index (χ0v) is 12.3. The third-order valence-electron chi connectivity index (χ3n) is 3.39. The molecule has 1 amide bonds. The normalized spacial score (nSPS) is 13.0. The first kappa shape index (κ1) is 17.5. The molecule has 1 aromatic carbocycles. The van der Waals surface area contributed by atoms with Crippen LogP contribution in [0, 0.1) is 5.92 Å². The summed E-state index contributed by atoms with van der Waals surface area (Å²) in [6, 6.07) is 4.66. The molecule has 1 aromatic rings. The molecule has 0 aromatic heterocycles. The number of carbonyl (C=O) groups is 1. The molecule has 0 saturated heterocycles. The number of halogens is 3. The van der Waals surface area contributed by atoms with Crippen LogP contribution in [0.3, 0.4) is 0 Å². The lowest BCUT2D eigenvalue weighted by Gasteiger charge is -2.26. The minimum absolute atomic E-state index is 0.0919. The number of hydrogen-bond acceptors (Lipinski definition) is 2. The summed E-state index contributed by atoms with van der Waals surface area (Å²) in [6.07, 6.45) is -3.09. The summed E-state index contributed by atoms with van der Waals surface area (Å²) in [5.41, 5.74) is 5.21. The molecule has 0 bridgehead atoms. The Morgan fingerprint density at radius 3 is 2.29 bits per heavy atom. The number of carbonyl (C=O) groups excluding carboxylic acids is 1. The average Bonchev–Trinajstić information content (AvgIpc) is 2.46. The molecule has 118 valence electrons. The Bertz CT molecular complexity index is 457. The zero-order chi connectivity index (χ0) is 16.0. The lowest BCUT2D eigenvalue weighted by atomic mass is 10.1. The number of nitrogens with zero attached hydrogens (tertiary/aromatic N) is 1. The maximum absolute atomic E-state index is 12.6. The molecular weight excluding hydrogens is 281 g/mol. The maximum Gasteiger partial charge on any atom is 0.416 e. The van der Waals surface area contributed by atoms with Gasteiger partial charge in [-0.3, -0.25) is 4.79 Å². The van der Waals surface area contributed by atoms with Crippen LogP contribution in [0.5, 0.6) is 0 Å². The van der Waals surface area contributed by atoms with E-state index in [0.29, 0.717) is 31.6 Å². The third kappa shape index (κ3) is 4.74. The van der Waals surface area contributed by atoms with Gasteiger partial charge in [0.15, 0.2) is 0 Å². The third-order valence-corrected chi connectivity index (χ3v) is 3.39. The highest BCUT2D eigenvalue weighted by Crippen LogP contribution is 2.30. The molecular formula is C15H21F3N2O. The fraction of sp³-hybridized carbons (Fsp3) is 0.533. The minimum atomic E-state index is -4.37. The van der Waals surface area contributed by atoms with Crippen molar-refractivity contribution < 1.29 is 18.0 Å². The van der Waals surface area contributed by atoms with Crippen molar-refractivity contribution in [2.24, 2.45) is 11.7 Å². The van der Waals surface area contributed by atoms with E-state index in [-0.39, 0.29) is 11.8 Å². The SMILES string of the molecule is CCC(C)C(=O)N(CCCN)c1ccc(C(F)(F)F)cc1. The van der Waals surface area contributed by atoms with Gasteiger partial charge in [-0.1, -0.05) is 13.8 Å². The molecule has 0 heterocycles. The van der Waals surface area contributed by atoms with Crippen LogP contribution in [0.1, 0.15) is 32.3 Å². The number of amides is 1. The molecule has 0 radical (unpaired) electrons. The van der Waals surface area contributed by atoms with Gasteiger partial charge < -0.3 is 10.6 Å². The van der Waals surface area contributed by atoms with Crippen molar-refractivity contribution in [3.63, 3.8) is 0 Å². The molecule has 0 aliphatic heterocycles. The summed E-state index contributed by atoms with van der Waals surface area (Å²) in [5.74, 6) is -0.268. The fourth-order valence-corrected chi connectivity index (χ4v) is 1.89. The summed E-state index contributed by atoms with van der Waals surface area (Å²) in [5, 5.41) is 0. The van der Waals surface area contributed by atoms with Gasteiger partial charge in [-0.25, -0.2) is 0 Å². The van der Waals surface area contributed by atoms with Crippen molar-refractivity contribution in [3.8, 4) is 0 Å². The Hall–Kier alpha value is -1.56. The van der Waals surface area contributed by atoms with Crippen LogP contribution in [0.25, 0.3) is 0 Å². The quantitative estimate of drug-likeness (QED) is 0.875. The molecule has 21 heavy (non-hydrogen) atoms. The van der Waals surface area contributed by atoms with Gasteiger partial charge in [0.1, 0.15) is 0 Å². The lowest BCUT2D eigenvalue weighted by molar-refractivity contribution is -0.137. The van der Waals surface area contributed by atoms with Crippen LogP contribution in [0.4, 0.5) is 18.9 Å². The van der Waals surface area contributed by atoms with Crippen LogP contribution in [-0.2, 0) is 11.0 Å². The molecule has 1 rings (SSSR count). The van der Waals surface area contributed by atoms with Gasteiger partial charge >= 0.3 is 6.18 Å². The highest BCUT2D eigenvalue weighted by Gasteiger charge is 2.30. The van der Waals surface area contributed by atoms with E-state index in [1.165, 1.54) is 17.0 Å². The van der Waals surface area contributed by atoms with E-state index < -0.39 is 11.7 Å². The number of alkyl halides is 3. The summed E-state index contributed by atoms with van der Waals surface area (Å²) < 4.78 is 37.7. The van der Waals surface area contributed by atoms with Crippen LogP contribution in [0.15, 0.2) is 24.3 Å². The Balaban J connectivity index is 3.00. The second kappa shape index (κ2) is 7.45. The molecule has 0 aliphatic carbocycles. The monoisotopic (exact) mass is 302 g/mol. The van der Waals surface area contributed by atoms with E-state index in [2.05, 4.69) is 0 Å². The Labute approximate surface area is 122 Å². The summed E-state index contributed by atoms with van der Waals surface area (Å²) in [4.78, 5) is 13.8. The number of rotatable bonds is 6. The zero-order valence-electron chi connectivity index (χ0n) is 12.3. The topological polar surface area (TPSA) is 46.3 Å². The van der Waals surface area contributed by atoms with Gasteiger partial charge in [0, 0.05) is 18.2 Å². The summed E-state index contributed by atoms with van der Waals surface area (Å²) >= 11 is 0. The number of anilines is 1. The molecule has 1 atom stereocenters. The number of nitrogens with two attached hydrogens (primary N) is 1. The predicted molar refractivity (Wildman–Crippen MR) is 76.9 cm³/mol. The van der Waals surface area contributed by atoms with Gasteiger partial charge in [0.2, 0.25) is 5.91 Å². The fourth-order valence-electron chi connectivity index (χ4n) is 1.89. The molecule has 0 saturated carbocycles. The highest BCUT2D eigenvalue weighted by atomic mass is 19.4. The van der Waals surface area contributed by atoms with E-state index in [1.807, 2.05) is 13.8 Å². The first-order valence-electron chi connectivity index (χ1n) is 7.00. The van der Waals surface area contributed by atoms with E-state index >= 15 is 0 Å². The predicted octanol–water partition coefficient (Wildman–Crippen LogP) is 3.43. The number of benzene rings is 1. The van der Waals surface area contributed by atoms with Gasteiger partial charge in [-0.05, 0) is 43.7 Å².